The lowest BCUT2D eigenvalue weighted by Gasteiger charge is -2.04. The van der Waals surface area contributed by atoms with E-state index in [0.29, 0.717) is 5.03 Å². The minimum atomic E-state index is -0.437. The summed E-state index contributed by atoms with van der Waals surface area (Å²) in [5, 5.41) is 14.1. The van der Waals surface area contributed by atoms with Crippen LogP contribution in [0.4, 0.5) is 11.5 Å². The molecule has 1 aromatic rings. The molecule has 0 spiro atoms. The fourth-order valence-corrected chi connectivity index (χ4v) is 2.31. The molecule has 0 aliphatic rings. The SMILES string of the molecule is CCCCCSc1ncnc(NC)c1[N+](=O)[O-]. The zero-order valence-corrected chi connectivity index (χ0v) is 10.8. The molecule has 0 amide bonds. The van der Waals surface area contributed by atoms with E-state index >= 15 is 0 Å². The molecule has 0 saturated carbocycles. The van der Waals surface area contributed by atoms with Gasteiger partial charge < -0.3 is 5.32 Å². The van der Waals surface area contributed by atoms with Crippen molar-refractivity contribution >= 4 is 23.3 Å². The molecule has 0 aromatic carbocycles. The quantitative estimate of drug-likeness (QED) is 0.265. The van der Waals surface area contributed by atoms with Crippen molar-refractivity contribution in [3.05, 3.63) is 16.4 Å². The molecule has 1 rings (SSSR count). The number of anilines is 1. The number of nitrogens with one attached hydrogen (secondary N) is 1. The van der Waals surface area contributed by atoms with Gasteiger partial charge >= 0.3 is 5.69 Å². The Kier molecular flexibility index (Phi) is 5.68. The van der Waals surface area contributed by atoms with Gasteiger partial charge in [0.05, 0.1) is 4.92 Å². The molecule has 0 fully saturated rings. The Hall–Kier alpha value is -1.37. The number of nitrogens with zero attached hydrogens (tertiary/aromatic N) is 3. The van der Waals surface area contributed by atoms with Crippen LogP contribution in [0.25, 0.3) is 0 Å². The molecule has 0 bridgehead atoms. The van der Waals surface area contributed by atoms with Crippen LogP contribution in [0.5, 0.6) is 0 Å². The van der Waals surface area contributed by atoms with Crippen molar-refractivity contribution in [2.24, 2.45) is 0 Å². The summed E-state index contributed by atoms with van der Waals surface area (Å²) in [5.41, 5.74) is -0.0310. The Balaban J connectivity index is 2.79. The number of aromatic nitrogens is 2. The zero-order valence-electron chi connectivity index (χ0n) is 9.97. The molecule has 1 aromatic heterocycles. The topological polar surface area (TPSA) is 81.0 Å². The van der Waals surface area contributed by atoms with Gasteiger partial charge in [-0.2, -0.15) is 0 Å². The fraction of sp³-hybridized carbons (Fsp3) is 0.600. The summed E-state index contributed by atoms with van der Waals surface area (Å²) in [6.07, 6.45) is 4.65. The number of hydrogen-bond acceptors (Lipinski definition) is 6. The highest BCUT2D eigenvalue weighted by Gasteiger charge is 2.21. The van der Waals surface area contributed by atoms with Crippen molar-refractivity contribution in [3.63, 3.8) is 0 Å². The number of rotatable bonds is 7. The van der Waals surface area contributed by atoms with Crippen LogP contribution in [0.3, 0.4) is 0 Å². The van der Waals surface area contributed by atoms with Gasteiger partial charge in [-0.05, 0) is 12.2 Å². The van der Waals surface area contributed by atoms with Gasteiger partial charge in [-0.25, -0.2) is 9.97 Å². The van der Waals surface area contributed by atoms with Crippen LogP contribution < -0.4 is 5.32 Å². The van der Waals surface area contributed by atoms with Crippen LogP contribution in [0, 0.1) is 10.1 Å². The van der Waals surface area contributed by atoms with Crippen LogP contribution in [-0.2, 0) is 0 Å². The number of thioether (sulfide) groups is 1. The second kappa shape index (κ2) is 7.05. The van der Waals surface area contributed by atoms with Crippen LogP contribution in [0.2, 0.25) is 0 Å². The van der Waals surface area contributed by atoms with Gasteiger partial charge in [0.2, 0.25) is 5.82 Å². The monoisotopic (exact) mass is 256 g/mol. The average molecular weight is 256 g/mol. The van der Waals surface area contributed by atoms with Crippen molar-refractivity contribution in [3.8, 4) is 0 Å². The Morgan fingerprint density at radius 1 is 1.47 bits per heavy atom. The molecule has 0 atom stereocenters. The normalized spacial score (nSPS) is 10.2. The summed E-state index contributed by atoms with van der Waals surface area (Å²) in [6, 6.07) is 0. The van der Waals surface area contributed by atoms with Gasteiger partial charge in [0, 0.05) is 7.05 Å². The van der Waals surface area contributed by atoms with Crippen molar-refractivity contribution in [1.82, 2.24) is 9.97 Å². The van der Waals surface area contributed by atoms with E-state index in [9.17, 15) is 10.1 Å². The summed E-state index contributed by atoms with van der Waals surface area (Å²) in [5.74, 6) is 1.11. The minimum absolute atomic E-state index is 0.0310. The van der Waals surface area contributed by atoms with E-state index in [1.165, 1.54) is 18.1 Å². The molecule has 7 heteroatoms. The summed E-state index contributed by atoms with van der Waals surface area (Å²) in [6.45, 7) is 2.12. The molecule has 1 heterocycles. The van der Waals surface area contributed by atoms with Gasteiger partial charge in [0.1, 0.15) is 6.33 Å². The molecular weight excluding hydrogens is 240 g/mol. The van der Waals surface area contributed by atoms with Crippen LogP contribution >= 0.6 is 11.8 Å². The van der Waals surface area contributed by atoms with Crippen molar-refractivity contribution in [2.45, 2.75) is 31.2 Å². The molecule has 0 aliphatic carbocycles. The number of nitro groups is 1. The largest absolute Gasteiger partial charge is 0.367 e. The number of hydrogen-bond donors (Lipinski definition) is 1. The maximum absolute atomic E-state index is 11.0. The van der Waals surface area contributed by atoms with Crippen LogP contribution in [0.1, 0.15) is 26.2 Å². The lowest BCUT2D eigenvalue weighted by Crippen LogP contribution is -2.02. The molecule has 6 nitrogen and oxygen atoms in total. The second-order valence-electron chi connectivity index (χ2n) is 3.44. The van der Waals surface area contributed by atoms with Gasteiger partial charge in [-0.15, -0.1) is 0 Å². The molecule has 94 valence electrons. The van der Waals surface area contributed by atoms with Crippen LogP contribution in [-0.4, -0.2) is 27.7 Å². The Labute approximate surface area is 104 Å². The first kappa shape index (κ1) is 13.7. The first-order chi connectivity index (χ1) is 8.20. The lowest BCUT2D eigenvalue weighted by molar-refractivity contribution is -0.387. The third-order valence-corrected chi connectivity index (χ3v) is 3.26. The summed E-state index contributed by atoms with van der Waals surface area (Å²) >= 11 is 1.41. The highest BCUT2D eigenvalue weighted by atomic mass is 32.2. The van der Waals surface area contributed by atoms with E-state index in [1.807, 2.05) is 0 Å². The van der Waals surface area contributed by atoms with Gasteiger partial charge in [-0.3, -0.25) is 10.1 Å². The van der Waals surface area contributed by atoms with Crippen molar-refractivity contribution < 1.29 is 4.92 Å². The molecule has 0 saturated heterocycles. The second-order valence-corrected chi connectivity index (χ2v) is 4.52. The molecule has 0 aliphatic heterocycles. The molecule has 0 unspecified atom stereocenters. The van der Waals surface area contributed by atoms with E-state index in [2.05, 4.69) is 22.2 Å². The summed E-state index contributed by atoms with van der Waals surface area (Å²) in [4.78, 5) is 18.3. The van der Waals surface area contributed by atoms with E-state index in [4.69, 9.17) is 0 Å². The average Bonchev–Trinajstić information content (AvgIpc) is 2.33. The van der Waals surface area contributed by atoms with E-state index in [-0.39, 0.29) is 11.5 Å². The molecule has 1 N–H and O–H groups in total. The zero-order chi connectivity index (χ0) is 12.7. The molecule has 0 radical (unpaired) electrons. The predicted molar refractivity (Wildman–Crippen MR) is 68.5 cm³/mol. The maximum atomic E-state index is 11.0. The minimum Gasteiger partial charge on any atom is -0.367 e. The Bertz CT molecular complexity index is 387. The highest BCUT2D eigenvalue weighted by molar-refractivity contribution is 7.99. The Morgan fingerprint density at radius 3 is 2.82 bits per heavy atom. The van der Waals surface area contributed by atoms with E-state index in [0.717, 1.165) is 25.0 Å². The highest BCUT2D eigenvalue weighted by Crippen LogP contribution is 2.32. The first-order valence-corrected chi connectivity index (χ1v) is 6.49. The molecular formula is C10H16N4O2S. The van der Waals surface area contributed by atoms with E-state index < -0.39 is 4.92 Å². The third-order valence-electron chi connectivity index (χ3n) is 2.19. The van der Waals surface area contributed by atoms with Crippen molar-refractivity contribution in [1.29, 1.82) is 0 Å². The standard InChI is InChI=1S/C10H16N4O2S/c1-3-4-5-6-17-10-8(14(15)16)9(11-2)12-7-13-10/h7H,3-6H2,1-2H3,(H,11,12,13). The summed E-state index contributed by atoms with van der Waals surface area (Å²) in [7, 11) is 1.61. The molecule has 17 heavy (non-hydrogen) atoms. The predicted octanol–water partition coefficient (Wildman–Crippen LogP) is 2.71. The van der Waals surface area contributed by atoms with E-state index in [1.54, 1.807) is 7.05 Å². The van der Waals surface area contributed by atoms with Gasteiger partial charge in [-0.1, -0.05) is 31.5 Å². The van der Waals surface area contributed by atoms with Gasteiger partial charge in [0.15, 0.2) is 5.03 Å². The van der Waals surface area contributed by atoms with Crippen molar-refractivity contribution in [2.75, 3.05) is 18.1 Å². The van der Waals surface area contributed by atoms with Crippen LogP contribution in [0.15, 0.2) is 11.4 Å². The lowest BCUT2D eigenvalue weighted by atomic mass is 10.3. The Morgan fingerprint density at radius 2 is 2.24 bits per heavy atom. The third kappa shape index (κ3) is 3.85. The smallest absolute Gasteiger partial charge is 0.343 e. The maximum Gasteiger partial charge on any atom is 0.343 e. The first-order valence-electron chi connectivity index (χ1n) is 5.50. The number of unbranched alkanes of at least 4 members (excludes halogenated alkanes) is 2. The van der Waals surface area contributed by atoms with Gasteiger partial charge in [0.25, 0.3) is 0 Å². The fourth-order valence-electron chi connectivity index (χ4n) is 1.34. The summed E-state index contributed by atoms with van der Waals surface area (Å²) < 4.78 is 0.